The molecule has 0 spiro atoms. The summed E-state index contributed by atoms with van der Waals surface area (Å²) in [5.74, 6) is 1.77. The molecule has 0 unspecified atom stereocenters. The maximum atomic E-state index is 8.75. The second kappa shape index (κ2) is 7.23. The van der Waals surface area contributed by atoms with Crippen molar-refractivity contribution in [3.63, 3.8) is 0 Å². The first kappa shape index (κ1) is 16.1. The van der Waals surface area contributed by atoms with Crippen LogP contribution in [0.1, 0.15) is 5.69 Å². The summed E-state index contributed by atoms with van der Waals surface area (Å²) < 4.78 is 5.17. The predicted molar refractivity (Wildman–Crippen MR) is 93.6 cm³/mol. The van der Waals surface area contributed by atoms with E-state index in [0.717, 1.165) is 22.7 Å². The standard InChI is InChI=1S/C17H15N7O/c1-19-14-7-15(22-16-10-20-12(8-18)9-21-16)23-24-17(14)11-3-5-13(25-2)6-4-11/h3-7,9-10H,1-2H3,(H2,19,21,22,23). The number of rotatable bonds is 5. The van der Waals surface area contributed by atoms with Crippen molar-refractivity contribution >= 4 is 17.3 Å². The number of hydrogen-bond acceptors (Lipinski definition) is 8. The summed E-state index contributed by atoms with van der Waals surface area (Å²) in [4.78, 5) is 8.06. The van der Waals surface area contributed by atoms with Crippen LogP contribution in [0, 0.1) is 11.3 Å². The van der Waals surface area contributed by atoms with Gasteiger partial charge in [-0.15, -0.1) is 10.2 Å². The number of methoxy groups -OCH3 is 1. The van der Waals surface area contributed by atoms with E-state index in [1.54, 1.807) is 7.11 Å². The number of nitriles is 1. The molecule has 0 aliphatic carbocycles. The summed E-state index contributed by atoms with van der Waals surface area (Å²) in [7, 11) is 3.44. The highest BCUT2D eigenvalue weighted by Gasteiger charge is 2.10. The largest absolute Gasteiger partial charge is 0.497 e. The summed E-state index contributed by atoms with van der Waals surface area (Å²) in [5, 5.41) is 23.3. The minimum atomic E-state index is 0.252. The molecule has 0 saturated heterocycles. The molecule has 0 bridgehead atoms. The summed E-state index contributed by atoms with van der Waals surface area (Å²) in [5.41, 5.74) is 2.70. The molecule has 2 aromatic heterocycles. The van der Waals surface area contributed by atoms with E-state index in [1.807, 2.05) is 43.4 Å². The van der Waals surface area contributed by atoms with Crippen LogP contribution in [-0.4, -0.2) is 34.3 Å². The molecular weight excluding hydrogens is 318 g/mol. The molecule has 0 amide bonds. The smallest absolute Gasteiger partial charge is 0.158 e. The lowest BCUT2D eigenvalue weighted by atomic mass is 10.1. The van der Waals surface area contributed by atoms with Gasteiger partial charge in [0.05, 0.1) is 25.2 Å². The zero-order chi connectivity index (χ0) is 17.6. The SMILES string of the molecule is CNc1cc(Nc2cnc(C#N)cn2)nnc1-c1ccc(OC)cc1. The number of benzene rings is 1. The number of nitrogens with one attached hydrogen (secondary N) is 2. The molecule has 25 heavy (non-hydrogen) atoms. The van der Waals surface area contributed by atoms with Crippen molar-refractivity contribution in [2.45, 2.75) is 0 Å². The molecule has 2 N–H and O–H groups in total. The Labute approximate surface area is 144 Å². The normalized spacial score (nSPS) is 9.96. The van der Waals surface area contributed by atoms with Crippen molar-refractivity contribution < 1.29 is 4.74 Å². The lowest BCUT2D eigenvalue weighted by molar-refractivity contribution is 0.415. The molecule has 0 saturated carbocycles. The summed E-state index contributed by atoms with van der Waals surface area (Å²) in [6.45, 7) is 0. The molecule has 8 heteroatoms. The fourth-order valence-corrected chi connectivity index (χ4v) is 2.19. The van der Waals surface area contributed by atoms with Crippen LogP contribution in [0.15, 0.2) is 42.7 Å². The Morgan fingerprint density at radius 3 is 2.44 bits per heavy atom. The van der Waals surface area contributed by atoms with E-state index in [9.17, 15) is 0 Å². The average Bonchev–Trinajstić information content (AvgIpc) is 2.68. The summed E-state index contributed by atoms with van der Waals surface area (Å²) in [6, 6.07) is 11.3. The van der Waals surface area contributed by atoms with Crippen molar-refractivity contribution in [1.82, 2.24) is 20.2 Å². The Bertz CT molecular complexity index is 902. The zero-order valence-electron chi connectivity index (χ0n) is 13.7. The van der Waals surface area contributed by atoms with E-state index in [0.29, 0.717) is 11.6 Å². The Morgan fingerprint density at radius 2 is 1.84 bits per heavy atom. The lowest BCUT2D eigenvalue weighted by Crippen LogP contribution is -2.03. The number of nitrogens with zero attached hydrogens (tertiary/aromatic N) is 5. The third-order valence-corrected chi connectivity index (χ3v) is 3.45. The fraction of sp³-hybridized carbons (Fsp3) is 0.118. The molecule has 0 fully saturated rings. The van der Waals surface area contributed by atoms with Crippen LogP contribution in [0.25, 0.3) is 11.3 Å². The van der Waals surface area contributed by atoms with E-state index < -0.39 is 0 Å². The third kappa shape index (κ3) is 3.61. The topological polar surface area (TPSA) is 109 Å². The van der Waals surface area contributed by atoms with Gasteiger partial charge < -0.3 is 15.4 Å². The van der Waals surface area contributed by atoms with Crippen molar-refractivity contribution in [3.8, 4) is 23.1 Å². The fourth-order valence-electron chi connectivity index (χ4n) is 2.19. The van der Waals surface area contributed by atoms with Crippen LogP contribution in [-0.2, 0) is 0 Å². The van der Waals surface area contributed by atoms with Crippen LogP contribution in [0.4, 0.5) is 17.3 Å². The monoisotopic (exact) mass is 333 g/mol. The first-order valence-electron chi connectivity index (χ1n) is 7.42. The van der Waals surface area contributed by atoms with Crippen LogP contribution in [0.3, 0.4) is 0 Å². The molecule has 0 aliphatic rings. The van der Waals surface area contributed by atoms with Gasteiger partial charge >= 0.3 is 0 Å². The number of hydrogen-bond donors (Lipinski definition) is 2. The Kier molecular flexibility index (Phi) is 4.67. The number of anilines is 3. The van der Waals surface area contributed by atoms with Crippen molar-refractivity contribution in [1.29, 1.82) is 5.26 Å². The Morgan fingerprint density at radius 1 is 1.04 bits per heavy atom. The molecular formula is C17H15N7O. The molecule has 2 heterocycles. The van der Waals surface area contributed by atoms with E-state index in [2.05, 4.69) is 30.8 Å². The van der Waals surface area contributed by atoms with Gasteiger partial charge in [0.2, 0.25) is 0 Å². The second-order valence-corrected chi connectivity index (χ2v) is 4.99. The highest BCUT2D eigenvalue weighted by molar-refractivity contribution is 5.76. The Balaban J connectivity index is 1.86. The number of aromatic nitrogens is 4. The van der Waals surface area contributed by atoms with Gasteiger partial charge in [0.1, 0.15) is 23.3 Å². The van der Waals surface area contributed by atoms with Gasteiger partial charge in [0.25, 0.3) is 0 Å². The number of ether oxygens (including phenoxy) is 1. The van der Waals surface area contributed by atoms with Gasteiger partial charge in [-0.3, -0.25) is 0 Å². The first-order chi connectivity index (χ1) is 12.2. The highest BCUT2D eigenvalue weighted by Crippen LogP contribution is 2.28. The molecule has 0 atom stereocenters. The summed E-state index contributed by atoms with van der Waals surface area (Å²) in [6.07, 6.45) is 2.86. The van der Waals surface area contributed by atoms with Gasteiger partial charge in [-0.2, -0.15) is 5.26 Å². The third-order valence-electron chi connectivity index (χ3n) is 3.45. The average molecular weight is 333 g/mol. The van der Waals surface area contributed by atoms with Gasteiger partial charge in [-0.05, 0) is 24.3 Å². The van der Waals surface area contributed by atoms with Crippen LogP contribution < -0.4 is 15.4 Å². The zero-order valence-corrected chi connectivity index (χ0v) is 13.7. The second-order valence-electron chi connectivity index (χ2n) is 4.99. The Hall–Kier alpha value is -3.73. The van der Waals surface area contributed by atoms with Gasteiger partial charge in [-0.1, -0.05) is 0 Å². The highest BCUT2D eigenvalue weighted by atomic mass is 16.5. The molecule has 1 aromatic carbocycles. The molecule has 0 aliphatic heterocycles. The van der Waals surface area contributed by atoms with Crippen molar-refractivity contribution in [2.24, 2.45) is 0 Å². The summed E-state index contributed by atoms with van der Waals surface area (Å²) >= 11 is 0. The maximum absolute atomic E-state index is 8.75. The minimum Gasteiger partial charge on any atom is -0.497 e. The quantitative estimate of drug-likeness (QED) is 0.733. The van der Waals surface area contributed by atoms with Crippen molar-refractivity contribution in [2.75, 3.05) is 24.8 Å². The molecule has 3 rings (SSSR count). The van der Waals surface area contributed by atoms with Crippen molar-refractivity contribution in [3.05, 3.63) is 48.4 Å². The van der Waals surface area contributed by atoms with Gasteiger partial charge in [0, 0.05) is 18.7 Å². The predicted octanol–water partition coefficient (Wildman–Crippen LogP) is 2.60. The van der Waals surface area contributed by atoms with E-state index in [-0.39, 0.29) is 5.69 Å². The minimum absolute atomic E-state index is 0.252. The lowest BCUT2D eigenvalue weighted by Gasteiger charge is -2.11. The first-order valence-corrected chi connectivity index (χ1v) is 7.42. The molecule has 124 valence electrons. The molecule has 0 radical (unpaired) electrons. The maximum Gasteiger partial charge on any atom is 0.158 e. The van der Waals surface area contributed by atoms with E-state index in [4.69, 9.17) is 10.00 Å². The van der Waals surface area contributed by atoms with Gasteiger partial charge in [-0.25, -0.2) is 9.97 Å². The van der Waals surface area contributed by atoms with Crippen LogP contribution in [0.2, 0.25) is 0 Å². The van der Waals surface area contributed by atoms with Crippen LogP contribution in [0.5, 0.6) is 5.75 Å². The van der Waals surface area contributed by atoms with Gasteiger partial charge in [0.15, 0.2) is 11.5 Å². The molecule has 8 nitrogen and oxygen atoms in total. The van der Waals surface area contributed by atoms with Crippen LogP contribution >= 0.6 is 0 Å². The molecule has 3 aromatic rings. The van der Waals surface area contributed by atoms with E-state index in [1.165, 1.54) is 12.4 Å². The van der Waals surface area contributed by atoms with E-state index >= 15 is 0 Å².